The van der Waals surface area contributed by atoms with E-state index in [1.165, 1.54) is 0 Å². The minimum Gasteiger partial charge on any atom is -0.463 e. The SMILES string of the molecule is CCCCCNC(=O)NCCCC/C=C\CCCCCCC(=O)OCCOCCOCCO. The minimum atomic E-state index is -0.168. The molecule has 0 unspecified atom stereocenters. The van der Waals surface area contributed by atoms with Crippen LogP contribution in [0.15, 0.2) is 12.2 Å². The third-order valence-electron chi connectivity index (χ3n) is 4.92. The zero-order valence-corrected chi connectivity index (χ0v) is 20.8. The summed E-state index contributed by atoms with van der Waals surface area (Å²) in [7, 11) is 0. The Hall–Kier alpha value is -1.64. The fourth-order valence-electron chi connectivity index (χ4n) is 3.02. The van der Waals surface area contributed by atoms with Gasteiger partial charge in [-0.05, 0) is 44.9 Å². The third kappa shape index (κ3) is 26.5. The minimum absolute atomic E-state index is 0.00900. The second-order valence-corrected chi connectivity index (χ2v) is 7.98. The predicted molar refractivity (Wildman–Crippen MR) is 131 cm³/mol. The highest BCUT2D eigenvalue weighted by Crippen LogP contribution is 2.07. The van der Waals surface area contributed by atoms with Crippen molar-refractivity contribution in [1.82, 2.24) is 10.6 Å². The molecule has 0 aromatic heterocycles. The summed E-state index contributed by atoms with van der Waals surface area (Å²) in [5.74, 6) is -0.168. The Kier molecular flexibility index (Phi) is 25.3. The lowest BCUT2D eigenvalue weighted by Gasteiger charge is -2.06. The van der Waals surface area contributed by atoms with Gasteiger partial charge in [0.1, 0.15) is 6.61 Å². The van der Waals surface area contributed by atoms with Gasteiger partial charge in [-0.1, -0.05) is 44.8 Å². The fourth-order valence-corrected chi connectivity index (χ4v) is 3.02. The first kappa shape index (κ1) is 31.4. The smallest absolute Gasteiger partial charge is 0.314 e. The van der Waals surface area contributed by atoms with Crippen LogP contribution in [0.1, 0.15) is 84.0 Å². The van der Waals surface area contributed by atoms with Crippen LogP contribution in [0.5, 0.6) is 0 Å². The van der Waals surface area contributed by atoms with Crippen molar-refractivity contribution < 1.29 is 28.9 Å². The summed E-state index contributed by atoms with van der Waals surface area (Å²) >= 11 is 0. The Bertz CT molecular complexity index is 474. The highest BCUT2D eigenvalue weighted by molar-refractivity contribution is 5.73. The molecule has 33 heavy (non-hydrogen) atoms. The van der Waals surface area contributed by atoms with Gasteiger partial charge in [-0.3, -0.25) is 4.79 Å². The van der Waals surface area contributed by atoms with Crippen LogP contribution in [-0.2, 0) is 19.0 Å². The summed E-state index contributed by atoms with van der Waals surface area (Å²) in [4.78, 5) is 23.2. The van der Waals surface area contributed by atoms with Gasteiger partial charge in [0, 0.05) is 19.5 Å². The van der Waals surface area contributed by atoms with Crippen LogP contribution in [0.25, 0.3) is 0 Å². The van der Waals surface area contributed by atoms with Crippen molar-refractivity contribution >= 4 is 12.0 Å². The van der Waals surface area contributed by atoms with E-state index in [0.717, 1.165) is 83.7 Å². The summed E-state index contributed by atoms with van der Waals surface area (Å²) in [6, 6.07) is -0.0549. The van der Waals surface area contributed by atoms with Crippen LogP contribution in [0.2, 0.25) is 0 Å². The second-order valence-electron chi connectivity index (χ2n) is 7.98. The van der Waals surface area contributed by atoms with Crippen LogP contribution in [0.3, 0.4) is 0 Å². The van der Waals surface area contributed by atoms with E-state index in [1.807, 2.05) is 0 Å². The summed E-state index contributed by atoms with van der Waals surface area (Å²) in [6.07, 6.45) is 16.6. The molecule has 0 aromatic rings. The maximum Gasteiger partial charge on any atom is 0.314 e. The Morgan fingerprint density at radius 2 is 1.30 bits per heavy atom. The molecule has 0 aliphatic carbocycles. The van der Waals surface area contributed by atoms with Crippen LogP contribution in [0, 0.1) is 0 Å². The van der Waals surface area contributed by atoms with Crippen molar-refractivity contribution in [2.24, 2.45) is 0 Å². The number of ether oxygens (including phenoxy) is 3. The van der Waals surface area contributed by atoms with E-state index in [2.05, 4.69) is 29.7 Å². The summed E-state index contributed by atoms with van der Waals surface area (Å²) < 4.78 is 15.5. The van der Waals surface area contributed by atoms with E-state index < -0.39 is 0 Å². The van der Waals surface area contributed by atoms with Gasteiger partial charge in [-0.2, -0.15) is 0 Å². The number of esters is 1. The Labute approximate surface area is 200 Å². The summed E-state index contributed by atoms with van der Waals surface area (Å²) in [5.41, 5.74) is 0. The number of aliphatic hydroxyl groups is 1. The van der Waals surface area contributed by atoms with Crippen molar-refractivity contribution in [3.8, 4) is 0 Å². The normalized spacial score (nSPS) is 11.1. The number of allylic oxidation sites excluding steroid dienone is 2. The molecule has 8 nitrogen and oxygen atoms in total. The maximum absolute atomic E-state index is 11.6. The highest BCUT2D eigenvalue weighted by Gasteiger charge is 2.02. The molecular weight excluding hydrogens is 424 g/mol. The van der Waals surface area contributed by atoms with Crippen LogP contribution in [0.4, 0.5) is 4.79 Å². The number of unbranched alkanes of at least 4 members (excludes halogenated alkanes) is 8. The van der Waals surface area contributed by atoms with E-state index in [-0.39, 0.29) is 25.2 Å². The summed E-state index contributed by atoms with van der Waals surface area (Å²) in [5, 5.41) is 14.3. The second kappa shape index (κ2) is 26.6. The highest BCUT2D eigenvalue weighted by atomic mass is 16.6. The molecule has 0 fully saturated rings. The van der Waals surface area contributed by atoms with Gasteiger partial charge in [0.05, 0.1) is 33.0 Å². The fraction of sp³-hybridized carbons (Fsp3) is 0.840. The average molecular weight is 473 g/mol. The molecule has 0 atom stereocenters. The zero-order valence-electron chi connectivity index (χ0n) is 20.8. The van der Waals surface area contributed by atoms with Crippen molar-refractivity contribution in [3.05, 3.63) is 12.2 Å². The van der Waals surface area contributed by atoms with E-state index in [0.29, 0.717) is 32.8 Å². The molecule has 194 valence electrons. The molecule has 0 radical (unpaired) electrons. The molecule has 0 aliphatic rings. The Balaban J connectivity index is 3.28. The Morgan fingerprint density at radius 1 is 0.727 bits per heavy atom. The molecule has 3 N–H and O–H groups in total. The van der Waals surface area contributed by atoms with Gasteiger partial charge in [0.15, 0.2) is 0 Å². The number of rotatable bonds is 24. The maximum atomic E-state index is 11.6. The van der Waals surface area contributed by atoms with Crippen molar-refractivity contribution in [2.75, 3.05) is 52.7 Å². The third-order valence-corrected chi connectivity index (χ3v) is 4.92. The first-order valence-electron chi connectivity index (χ1n) is 12.8. The van der Waals surface area contributed by atoms with Crippen molar-refractivity contribution in [1.29, 1.82) is 0 Å². The number of amides is 2. The van der Waals surface area contributed by atoms with Gasteiger partial charge < -0.3 is 30.0 Å². The van der Waals surface area contributed by atoms with Gasteiger partial charge in [-0.15, -0.1) is 0 Å². The lowest BCUT2D eigenvalue weighted by atomic mass is 10.1. The molecule has 0 bridgehead atoms. The van der Waals surface area contributed by atoms with Crippen molar-refractivity contribution in [3.63, 3.8) is 0 Å². The molecule has 0 saturated heterocycles. The number of nitrogens with one attached hydrogen (secondary N) is 2. The van der Waals surface area contributed by atoms with E-state index in [4.69, 9.17) is 19.3 Å². The van der Waals surface area contributed by atoms with Crippen molar-refractivity contribution in [2.45, 2.75) is 84.0 Å². The Morgan fingerprint density at radius 3 is 1.97 bits per heavy atom. The number of urea groups is 1. The molecule has 0 saturated carbocycles. The largest absolute Gasteiger partial charge is 0.463 e. The van der Waals surface area contributed by atoms with E-state index in [9.17, 15) is 9.59 Å². The molecular formula is C25H48N2O6. The quantitative estimate of drug-likeness (QED) is 0.111. The lowest BCUT2D eigenvalue weighted by molar-refractivity contribution is -0.145. The topological polar surface area (TPSA) is 106 Å². The average Bonchev–Trinajstić information content (AvgIpc) is 2.81. The molecule has 0 aromatic carbocycles. The van der Waals surface area contributed by atoms with Gasteiger partial charge in [-0.25, -0.2) is 4.79 Å². The molecule has 8 heteroatoms. The van der Waals surface area contributed by atoms with E-state index >= 15 is 0 Å². The molecule has 0 rings (SSSR count). The monoisotopic (exact) mass is 472 g/mol. The van der Waals surface area contributed by atoms with Gasteiger partial charge in [0.25, 0.3) is 0 Å². The van der Waals surface area contributed by atoms with Crippen LogP contribution in [-0.4, -0.2) is 69.8 Å². The van der Waals surface area contributed by atoms with Gasteiger partial charge >= 0.3 is 12.0 Å². The summed E-state index contributed by atoms with van der Waals surface area (Å²) in [6.45, 7) is 5.45. The first-order chi connectivity index (χ1) is 16.2. The lowest BCUT2D eigenvalue weighted by Crippen LogP contribution is -2.36. The van der Waals surface area contributed by atoms with Gasteiger partial charge in [0.2, 0.25) is 0 Å². The number of carbonyl (C=O) groups excluding carboxylic acids is 2. The zero-order chi connectivity index (χ0) is 24.2. The number of hydrogen-bond acceptors (Lipinski definition) is 6. The molecule has 2 amide bonds. The van der Waals surface area contributed by atoms with Crippen LogP contribution < -0.4 is 10.6 Å². The van der Waals surface area contributed by atoms with Crippen LogP contribution >= 0.6 is 0 Å². The predicted octanol–water partition coefficient (Wildman–Crippen LogP) is 4.11. The molecule has 0 spiro atoms. The first-order valence-corrected chi connectivity index (χ1v) is 12.8. The molecule has 0 aliphatic heterocycles. The number of hydrogen-bond donors (Lipinski definition) is 3. The standard InChI is InChI=1S/C25H48N2O6/c1-2-3-13-16-26-25(30)27-17-14-11-9-7-5-4-6-8-10-12-15-24(29)33-23-22-32-21-20-31-19-18-28/h5,7,28H,2-4,6,8-23H2,1H3,(H2,26,27,30)/b7-5-. The number of carbonyl (C=O) groups is 2. The van der Waals surface area contributed by atoms with E-state index in [1.54, 1.807) is 0 Å². The number of aliphatic hydroxyl groups excluding tert-OH is 1. The molecule has 0 heterocycles.